The Labute approximate surface area is 161 Å². The lowest BCUT2D eigenvalue weighted by atomic mass is 10.2. The van der Waals surface area contributed by atoms with Gasteiger partial charge >= 0.3 is 5.97 Å². The zero-order chi connectivity index (χ0) is 19.1. The van der Waals surface area contributed by atoms with Gasteiger partial charge in [-0.05, 0) is 71.8 Å². The average molecular weight is 381 g/mol. The molecule has 0 radical (unpaired) electrons. The van der Waals surface area contributed by atoms with Crippen LogP contribution >= 0.6 is 11.6 Å². The van der Waals surface area contributed by atoms with Crippen LogP contribution in [-0.2, 0) is 6.61 Å². The van der Waals surface area contributed by atoms with Crippen LogP contribution in [0.3, 0.4) is 0 Å². The molecular weight excluding hydrogens is 364 g/mol. The van der Waals surface area contributed by atoms with Crippen molar-refractivity contribution in [2.75, 3.05) is 5.43 Å². The lowest BCUT2D eigenvalue weighted by molar-refractivity contribution is 0.0697. The highest BCUT2D eigenvalue weighted by molar-refractivity contribution is 6.30. The van der Waals surface area contributed by atoms with E-state index in [2.05, 4.69) is 10.5 Å². The molecule has 0 saturated carbocycles. The molecule has 0 aliphatic carbocycles. The fourth-order valence-corrected chi connectivity index (χ4v) is 2.53. The molecular formula is C21H17ClN2O3. The summed E-state index contributed by atoms with van der Waals surface area (Å²) in [6.07, 6.45) is 1.67. The van der Waals surface area contributed by atoms with E-state index in [0.29, 0.717) is 17.3 Å². The molecule has 27 heavy (non-hydrogen) atoms. The maximum absolute atomic E-state index is 10.8. The summed E-state index contributed by atoms with van der Waals surface area (Å²) in [6.45, 7) is 0.446. The van der Waals surface area contributed by atoms with Gasteiger partial charge in [-0.1, -0.05) is 23.7 Å². The molecule has 3 rings (SSSR count). The van der Waals surface area contributed by atoms with Gasteiger partial charge in [-0.2, -0.15) is 5.10 Å². The fourth-order valence-electron chi connectivity index (χ4n) is 2.31. The smallest absolute Gasteiger partial charge is 0.335 e. The predicted octanol–water partition coefficient (Wildman–Crippen LogP) is 5.06. The van der Waals surface area contributed by atoms with Crippen molar-refractivity contribution in [2.45, 2.75) is 6.61 Å². The van der Waals surface area contributed by atoms with E-state index >= 15 is 0 Å². The molecule has 0 aromatic heterocycles. The van der Waals surface area contributed by atoms with Crippen molar-refractivity contribution in [1.29, 1.82) is 0 Å². The molecule has 3 aromatic carbocycles. The first-order valence-electron chi connectivity index (χ1n) is 8.20. The third-order valence-electron chi connectivity index (χ3n) is 3.71. The summed E-state index contributed by atoms with van der Waals surface area (Å²) in [5.41, 5.74) is 5.71. The fraction of sp³-hybridized carbons (Fsp3) is 0.0476. The molecule has 0 bridgehead atoms. The summed E-state index contributed by atoms with van der Waals surface area (Å²) in [5.74, 6) is -0.202. The molecule has 0 aliphatic rings. The topological polar surface area (TPSA) is 70.9 Å². The largest absolute Gasteiger partial charge is 0.489 e. The molecule has 0 fully saturated rings. The normalized spacial score (nSPS) is 10.7. The Morgan fingerprint density at radius 1 is 1.07 bits per heavy atom. The van der Waals surface area contributed by atoms with E-state index in [-0.39, 0.29) is 5.56 Å². The number of aromatic carboxylic acids is 1. The Kier molecular flexibility index (Phi) is 6.07. The first kappa shape index (κ1) is 18.5. The second kappa shape index (κ2) is 8.87. The van der Waals surface area contributed by atoms with Gasteiger partial charge in [0, 0.05) is 5.02 Å². The molecule has 0 saturated heterocycles. The number of carboxylic acid groups (broad SMARTS) is 1. The number of nitrogens with one attached hydrogen (secondary N) is 1. The molecule has 136 valence electrons. The number of ether oxygens (including phenoxy) is 1. The molecule has 2 N–H and O–H groups in total. The summed E-state index contributed by atoms with van der Waals surface area (Å²) < 4.78 is 5.74. The Morgan fingerprint density at radius 2 is 1.81 bits per heavy atom. The number of halogens is 1. The van der Waals surface area contributed by atoms with Crippen LogP contribution in [0.4, 0.5) is 5.69 Å². The number of hydrogen-bond donors (Lipinski definition) is 2. The SMILES string of the molecule is O=C(O)c1ccc(N/N=C/c2ccc(OCc3cccc(Cl)c3)cc2)cc1. The highest BCUT2D eigenvalue weighted by atomic mass is 35.5. The third kappa shape index (κ3) is 5.59. The second-order valence-electron chi connectivity index (χ2n) is 5.74. The first-order chi connectivity index (χ1) is 13.1. The number of nitrogens with zero attached hydrogens (tertiary/aromatic N) is 1. The van der Waals surface area contributed by atoms with E-state index < -0.39 is 5.97 Å². The molecule has 6 heteroatoms. The van der Waals surface area contributed by atoms with Crippen LogP contribution in [0.5, 0.6) is 5.75 Å². The second-order valence-corrected chi connectivity index (χ2v) is 6.18. The van der Waals surface area contributed by atoms with Crippen molar-refractivity contribution in [2.24, 2.45) is 5.10 Å². The van der Waals surface area contributed by atoms with E-state index in [9.17, 15) is 4.79 Å². The number of carboxylic acids is 1. The molecule has 0 atom stereocenters. The Morgan fingerprint density at radius 3 is 2.48 bits per heavy atom. The van der Waals surface area contributed by atoms with Crippen LogP contribution in [0, 0.1) is 0 Å². The minimum Gasteiger partial charge on any atom is -0.489 e. The van der Waals surface area contributed by atoms with Crippen molar-refractivity contribution in [3.63, 3.8) is 0 Å². The Bertz CT molecular complexity index is 938. The van der Waals surface area contributed by atoms with E-state index in [1.54, 1.807) is 18.3 Å². The van der Waals surface area contributed by atoms with Gasteiger partial charge in [-0.15, -0.1) is 0 Å². The van der Waals surface area contributed by atoms with Crippen LogP contribution in [0.2, 0.25) is 5.02 Å². The highest BCUT2D eigenvalue weighted by Gasteiger charge is 2.01. The first-order valence-corrected chi connectivity index (χ1v) is 8.58. The van der Waals surface area contributed by atoms with Crippen LogP contribution in [-0.4, -0.2) is 17.3 Å². The zero-order valence-corrected chi connectivity index (χ0v) is 15.1. The van der Waals surface area contributed by atoms with Gasteiger partial charge < -0.3 is 9.84 Å². The van der Waals surface area contributed by atoms with E-state index in [1.807, 2.05) is 48.5 Å². The predicted molar refractivity (Wildman–Crippen MR) is 107 cm³/mol. The highest BCUT2D eigenvalue weighted by Crippen LogP contribution is 2.16. The van der Waals surface area contributed by atoms with Gasteiger partial charge in [0.05, 0.1) is 17.5 Å². The van der Waals surface area contributed by atoms with E-state index in [1.165, 1.54) is 12.1 Å². The van der Waals surface area contributed by atoms with Crippen LogP contribution in [0.1, 0.15) is 21.5 Å². The van der Waals surface area contributed by atoms with Gasteiger partial charge in [0.25, 0.3) is 0 Å². The number of carbonyl (C=O) groups is 1. The van der Waals surface area contributed by atoms with Crippen molar-refractivity contribution < 1.29 is 14.6 Å². The quantitative estimate of drug-likeness (QED) is 0.443. The van der Waals surface area contributed by atoms with E-state index in [0.717, 1.165) is 16.9 Å². The maximum Gasteiger partial charge on any atom is 0.335 e. The van der Waals surface area contributed by atoms with Crippen molar-refractivity contribution in [3.8, 4) is 5.75 Å². The standard InChI is InChI=1S/C21H17ClN2O3/c22-18-3-1-2-16(12-18)14-27-20-10-4-15(5-11-20)13-23-24-19-8-6-17(7-9-19)21(25)26/h1-13,24H,14H2,(H,25,26)/b23-13+. The zero-order valence-electron chi connectivity index (χ0n) is 14.3. The molecule has 3 aromatic rings. The van der Waals surface area contributed by atoms with Gasteiger partial charge in [0.15, 0.2) is 0 Å². The Hall–Kier alpha value is -3.31. The van der Waals surface area contributed by atoms with Crippen molar-refractivity contribution >= 4 is 29.5 Å². The average Bonchev–Trinajstić information content (AvgIpc) is 2.68. The van der Waals surface area contributed by atoms with Gasteiger partial charge in [-0.25, -0.2) is 4.79 Å². The summed E-state index contributed by atoms with van der Waals surface area (Å²) >= 11 is 5.96. The maximum atomic E-state index is 10.8. The summed E-state index contributed by atoms with van der Waals surface area (Å²) in [4.78, 5) is 10.8. The molecule has 0 amide bonds. The van der Waals surface area contributed by atoms with Gasteiger partial charge in [-0.3, -0.25) is 5.43 Å². The minimum absolute atomic E-state index is 0.234. The number of hydrazone groups is 1. The summed E-state index contributed by atoms with van der Waals surface area (Å²) in [6, 6.07) is 21.4. The minimum atomic E-state index is -0.956. The summed E-state index contributed by atoms with van der Waals surface area (Å²) in [7, 11) is 0. The molecule has 0 heterocycles. The number of rotatable bonds is 7. The van der Waals surface area contributed by atoms with Gasteiger partial charge in [0.1, 0.15) is 12.4 Å². The van der Waals surface area contributed by atoms with Crippen LogP contribution < -0.4 is 10.2 Å². The summed E-state index contributed by atoms with van der Waals surface area (Å²) in [5, 5.41) is 13.7. The Balaban J connectivity index is 1.52. The van der Waals surface area contributed by atoms with E-state index in [4.69, 9.17) is 21.4 Å². The van der Waals surface area contributed by atoms with Crippen molar-refractivity contribution in [1.82, 2.24) is 0 Å². The monoisotopic (exact) mass is 380 g/mol. The molecule has 0 spiro atoms. The van der Waals surface area contributed by atoms with Crippen molar-refractivity contribution in [3.05, 3.63) is 94.5 Å². The molecule has 0 aliphatic heterocycles. The van der Waals surface area contributed by atoms with Crippen LogP contribution in [0.15, 0.2) is 77.9 Å². The number of benzene rings is 3. The lowest BCUT2D eigenvalue weighted by Crippen LogP contribution is -1.97. The third-order valence-corrected chi connectivity index (χ3v) is 3.95. The van der Waals surface area contributed by atoms with Gasteiger partial charge in [0.2, 0.25) is 0 Å². The number of hydrogen-bond acceptors (Lipinski definition) is 4. The van der Waals surface area contributed by atoms with Crippen LogP contribution in [0.25, 0.3) is 0 Å². The number of anilines is 1. The molecule has 0 unspecified atom stereocenters. The molecule has 5 nitrogen and oxygen atoms in total. The lowest BCUT2D eigenvalue weighted by Gasteiger charge is -2.07.